The Labute approximate surface area is 309 Å². The van der Waals surface area contributed by atoms with E-state index >= 15 is 0 Å². The van der Waals surface area contributed by atoms with Crippen molar-refractivity contribution < 1.29 is 0 Å². The average molecular weight is 691 g/mol. The fourth-order valence-electron chi connectivity index (χ4n) is 8.49. The lowest BCUT2D eigenvalue weighted by Crippen LogP contribution is -1.96. The fourth-order valence-corrected chi connectivity index (χ4v) is 8.49. The Balaban J connectivity index is 1.08. The number of hydrogen-bond acceptors (Lipinski definition) is 2. The topological polar surface area (TPSA) is 44.5 Å². The lowest BCUT2D eigenvalue weighted by molar-refractivity contribution is 1.11. The number of rotatable bonds is 4. The lowest BCUT2D eigenvalue weighted by atomic mass is 10.0. The summed E-state index contributed by atoms with van der Waals surface area (Å²) in [6, 6.07) is 64.8. The maximum Gasteiger partial charge on any atom is 0.220 e. The van der Waals surface area contributed by atoms with Gasteiger partial charge in [0.25, 0.3) is 0 Å². The van der Waals surface area contributed by atoms with Gasteiger partial charge in [-0.05, 0) is 94.4 Å². The van der Waals surface area contributed by atoms with Crippen LogP contribution in [0.1, 0.15) is 0 Å². The second-order valence-electron chi connectivity index (χ2n) is 14.0. The van der Waals surface area contributed by atoms with Crippen molar-refractivity contribution in [2.24, 2.45) is 0 Å². The first-order valence-corrected chi connectivity index (χ1v) is 18.3. The van der Waals surface area contributed by atoms with Crippen molar-refractivity contribution in [1.82, 2.24) is 27.9 Å². The normalized spacial score (nSPS) is 12.1. The molecular formula is C48H30N6. The van der Waals surface area contributed by atoms with E-state index in [0.29, 0.717) is 0 Å². The number of para-hydroxylation sites is 4. The van der Waals surface area contributed by atoms with Gasteiger partial charge >= 0.3 is 0 Å². The summed E-state index contributed by atoms with van der Waals surface area (Å²) in [5, 5.41) is 2.39. The molecule has 4 aromatic heterocycles. The zero-order chi connectivity index (χ0) is 35.3. The third-order valence-electron chi connectivity index (χ3n) is 11.0. The molecule has 0 spiro atoms. The number of imidazole rings is 4. The van der Waals surface area contributed by atoms with E-state index in [-0.39, 0.29) is 0 Å². The number of benzene rings is 8. The summed E-state index contributed by atoms with van der Waals surface area (Å²) in [7, 11) is 0. The molecule has 0 atom stereocenters. The Bertz CT molecular complexity index is 3430. The Morgan fingerprint density at radius 3 is 1.54 bits per heavy atom. The quantitative estimate of drug-likeness (QED) is 0.184. The average Bonchev–Trinajstić information content (AvgIpc) is 3.97. The van der Waals surface area contributed by atoms with Gasteiger partial charge in [-0.2, -0.15) is 0 Å². The van der Waals surface area contributed by atoms with E-state index in [1.807, 2.05) is 0 Å². The molecule has 6 nitrogen and oxygen atoms in total. The van der Waals surface area contributed by atoms with Gasteiger partial charge in [0.05, 0.1) is 49.8 Å². The molecule has 0 saturated carbocycles. The molecule has 0 fully saturated rings. The summed E-state index contributed by atoms with van der Waals surface area (Å²) < 4.78 is 9.21. The minimum Gasteiger partial charge on any atom is -0.278 e. The molecule has 12 rings (SSSR count). The van der Waals surface area contributed by atoms with Crippen LogP contribution in [0, 0.1) is 0 Å². The number of fused-ring (bicyclic) bond motifs is 11. The molecule has 0 amide bonds. The number of hydrogen-bond donors (Lipinski definition) is 0. The van der Waals surface area contributed by atoms with E-state index in [1.165, 1.54) is 21.9 Å². The molecule has 0 aliphatic carbocycles. The molecule has 0 radical (unpaired) electrons. The minimum atomic E-state index is 0.894. The van der Waals surface area contributed by atoms with Gasteiger partial charge in [-0.25, -0.2) is 9.97 Å². The SMILES string of the molecule is c1ccc(-c2ccc(-n3c4ccc(-c5ccc6c(c5)n5c7ccccc7nc5n6-c5cccc6ccccc56)cc4n4c5ccccc5nc34)cc2)cc1. The molecule has 0 aliphatic rings. The largest absolute Gasteiger partial charge is 0.278 e. The lowest BCUT2D eigenvalue weighted by Gasteiger charge is -2.10. The smallest absolute Gasteiger partial charge is 0.220 e. The third kappa shape index (κ3) is 4.10. The van der Waals surface area contributed by atoms with Crippen LogP contribution in [0.5, 0.6) is 0 Å². The van der Waals surface area contributed by atoms with Crippen molar-refractivity contribution >= 4 is 66.5 Å². The molecule has 0 N–H and O–H groups in total. The van der Waals surface area contributed by atoms with Crippen molar-refractivity contribution in [3.8, 4) is 33.6 Å². The Kier molecular flexibility index (Phi) is 5.96. The van der Waals surface area contributed by atoms with Crippen molar-refractivity contribution in [2.45, 2.75) is 0 Å². The summed E-state index contributed by atoms with van der Waals surface area (Å²) in [4.78, 5) is 10.4. The van der Waals surface area contributed by atoms with Crippen LogP contribution in [0.15, 0.2) is 182 Å². The molecule has 0 unspecified atom stereocenters. The van der Waals surface area contributed by atoms with Crippen molar-refractivity contribution in [3.05, 3.63) is 182 Å². The molecule has 8 aromatic carbocycles. The van der Waals surface area contributed by atoms with E-state index in [9.17, 15) is 0 Å². The van der Waals surface area contributed by atoms with Crippen molar-refractivity contribution in [2.75, 3.05) is 0 Å². The second kappa shape index (κ2) is 11.0. The fraction of sp³-hybridized carbons (Fsp3) is 0. The molecule has 54 heavy (non-hydrogen) atoms. The van der Waals surface area contributed by atoms with Gasteiger partial charge in [0, 0.05) is 11.1 Å². The standard InChI is InChI=1S/C48H30N6/c1-2-11-31(12-3-1)32-21-25-36(26-22-32)51-43-27-23-34(29-45(43)53-41-18-8-6-16-38(41)49-47(51)53)35-24-28-44-46(30-35)54-42-19-9-7-17-39(42)50-48(54)52(44)40-20-10-14-33-13-4-5-15-37(33)40/h1-30H. The summed E-state index contributed by atoms with van der Waals surface area (Å²) >= 11 is 0. The monoisotopic (exact) mass is 690 g/mol. The van der Waals surface area contributed by atoms with Gasteiger partial charge in [0.2, 0.25) is 11.6 Å². The Hall–Kier alpha value is -7.44. The molecule has 252 valence electrons. The van der Waals surface area contributed by atoms with E-state index in [1.54, 1.807) is 0 Å². The zero-order valence-electron chi connectivity index (χ0n) is 29.0. The summed E-state index contributed by atoms with van der Waals surface area (Å²) in [5.74, 6) is 1.79. The second-order valence-corrected chi connectivity index (χ2v) is 14.0. The first-order valence-electron chi connectivity index (χ1n) is 18.3. The predicted molar refractivity (Wildman–Crippen MR) is 221 cm³/mol. The first kappa shape index (κ1) is 29.2. The van der Waals surface area contributed by atoms with Gasteiger partial charge < -0.3 is 0 Å². The highest BCUT2D eigenvalue weighted by molar-refractivity contribution is 5.99. The van der Waals surface area contributed by atoms with Crippen LogP contribution < -0.4 is 0 Å². The molecule has 6 heteroatoms. The van der Waals surface area contributed by atoms with Crippen LogP contribution in [0.4, 0.5) is 0 Å². The maximum atomic E-state index is 5.20. The van der Waals surface area contributed by atoms with Gasteiger partial charge in [0.15, 0.2) is 0 Å². The van der Waals surface area contributed by atoms with Crippen molar-refractivity contribution in [3.63, 3.8) is 0 Å². The van der Waals surface area contributed by atoms with Gasteiger partial charge in [-0.3, -0.25) is 17.9 Å². The highest BCUT2D eigenvalue weighted by Gasteiger charge is 2.21. The third-order valence-corrected chi connectivity index (χ3v) is 11.0. The number of nitrogens with zero attached hydrogens (tertiary/aromatic N) is 6. The van der Waals surface area contributed by atoms with Gasteiger partial charge in [-0.15, -0.1) is 0 Å². The molecule has 0 aliphatic heterocycles. The molecule has 12 aromatic rings. The minimum absolute atomic E-state index is 0.894. The predicted octanol–water partition coefficient (Wildman–Crippen LogP) is 11.7. The highest BCUT2D eigenvalue weighted by Crippen LogP contribution is 2.37. The summed E-state index contributed by atoms with van der Waals surface area (Å²) in [6.45, 7) is 0. The van der Waals surface area contributed by atoms with E-state index < -0.39 is 0 Å². The number of aromatic nitrogens is 6. The zero-order valence-corrected chi connectivity index (χ0v) is 29.0. The van der Waals surface area contributed by atoms with E-state index in [2.05, 4.69) is 200 Å². The van der Waals surface area contributed by atoms with E-state index in [4.69, 9.17) is 9.97 Å². The first-order chi connectivity index (χ1) is 26.8. The van der Waals surface area contributed by atoms with E-state index in [0.717, 1.165) is 78.2 Å². The maximum absolute atomic E-state index is 5.20. The van der Waals surface area contributed by atoms with Crippen molar-refractivity contribution in [1.29, 1.82) is 0 Å². The Morgan fingerprint density at radius 2 is 0.852 bits per heavy atom. The molecule has 4 heterocycles. The van der Waals surface area contributed by atoms with Crippen LogP contribution in [0.3, 0.4) is 0 Å². The van der Waals surface area contributed by atoms with Gasteiger partial charge in [0.1, 0.15) is 0 Å². The van der Waals surface area contributed by atoms with Crippen LogP contribution in [-0.4, -0.2) is 27.9 Å². The van der Waals surface area contributed by atoms with Gasteiger partial charge in [-0.1, -0.05) is 115 Å². The van der Waals surface area contributed by atoms with Crippen LogP contribution in [0.25, 0.3) is 100 Å². The van der Waals surface area contributed by atoms with Crippen LogP contribution in [0.2, 0.25) is 0 Å². The molecule has 0 saturated heterocycles. The summed E-state index contributed by atoms with van der Waals surface area (Å²) in [6.07, 6.45) is 0. The molecule has 0 bridgehead atoms. The van der Waals surface area contributed by atoms with Crippen LogP contribution in [-0.2, 0) is 0 Å². The van der Waals surface area contributed by atoms with Crippen LogP contribution >= 0.6 is 0 Å². The Morgan fingerprint density at radius 1 is 0.333 bits per heavy atom. The summed E-state index contributed by atoms with van der Waals surface area (Å²) in [5.41, 5.74) is 15.4. The highest BCUT2D eigenvalue weighted by atomic mass is 15.2. The molecular weight excluding hydrogens is 661 g/mol.